The first-order valence-electron chi connectivity index (χ1n) is 3.76. The van der Waals surface area contributed by atoms with Crippen LogP contribution in [-0.2, 0) is 16.6 Å². The lowest BCUT2D eigenvalue weighted by atomic mass is 10.2. The van der Waals surface area contributed by atoms with Crippen LogP contribution in [0.25, 0.3) is 0 Å². The number of benzene rings is 1. The second-order valence-electron chi connectivity index (χ2n) is 3.01. The standard InChI is InChI=1S/C8H8BrNO2S/c1-10-5-6-2-3-7(9)4-8(6)13(10,11)12/h2-4H,5H2,1H3. The zero-order valence-corrected chi connectivity index (χ0v) is 9.39. The second-order valence-corrected chi connectivity index (χ2v) is 5.94. The van der Waals surface area contributed by atoms with Crippen molar-refractivity contribution in [1.29, 1.82) is 0 Å². The Morgan fingerprint density at radius 3 is 2.85 bits per heavy atom. The van der Waals surface area contributed by atoms with Crippen molar-refractivity contribution in [2.45, 2.75) is 11.4 Å². The highest BCUT2D eigenvalue weighted by Crippen LogP contribution is 2.30. The molecule has 1 aliphatic rings. The maximum absolute atomic E-state index is 11.6. The first kappa shape index (κ1) is 9.18. The molecule has 1 heterocycles. The lowest BCUT2D eigenvalue weighted by molar-refractivity contribution is 0.488. The Morgan fingerprint density at radius 2 is 2.15 bits per heavy atom. The molecule has 1 aromatic rings. The molecule has 70 valence electrons. The van der Waals surface area contributed by atoms with E-state index in [9.17, 15) is 8.42 Å². The van der Waals surface area contributed by atoms with Gasteiger partial charge in [-0.05, 0) is 17.7 Å². The summed E-state index contributed by atoms with van der Waals surface area (Å²) in [6, 6.07) is 5.34. The van der Waals surface area contributed by atoms with Crippen molar-refractivity contribution in [1.82, 2.24) is 4.31 Å². The number of hydrogen-bond acceptors (Lipinski definition) is 2. The number of hydrogen-bond donors (Lipinski definition) is 0. The zero-order valence-electron chi connectivity index (χ0n) is 6.99. The van der Waals surface area contributed by atoms with Gasteiger partial charge in [0, 0.05) is 18.1 Å². The zero-order chi connectivity index (χ0) is 9.64. The number of rotatable bonds is 0. The first-order chi connectivity index (χ1) is 6.01. The predicted octanol–water partition coefficient (Wildman–Crippen LogP) is 1.58. The van der Waals surface area contributed by atoms with Gasteiger partial charge in [-0.15, -0.1) is 0 Å². The minimum Gasteiger partial charge on any atom is -0.207 e. The van der Waals surface area contributed by atoms with E-state index in [1.165, 1.54) is 4.31 Å². The van der Waals surface area contributed by atoms with Crippen LogP contribution in [-0.4, -0.2) is 19.8 Å². The molecule has 0 spiro atoms. The van der Waals surface area contributed by atoms with Gasteiger partial charge in [0.05, 0.1) is 4.90 Å². The molecule has 0 aliphatic carbocycles. The van der Waals surface area contributed by atoms with E-state index in [2.05, 4.69) is 15.9 Å². The molecule has 0 N–H and O–H groups in total. The van der Waals surface area contributed by atoms with Crippen LogP contribution < -0.4 is 0 Å². The Labute approximate surface area is 85.5 Å². The van der Waals surface area contributed by atoms with E-state index in [1.807, 2.05) is 12.1 Å². The minimum absolute atomic E-state index is 0.421. The normalized spacial score (nSPS) is 20.2. The molecule has 0 atom stereocenters. The molecule has 1 aromatic carbocycles. The summed E-state index contributed by atoms with van der Waals surface area (Å²) in [4.78, 5) is 0.421. The van der Waals surface area contributed by atoms with Crippen molar-refractivity contribution in [3.05, 3.63) is 28.2 Å². The van der Waals surface area contributed by atoms with Crippen molar-refractivity contribution < 1.29 is 8.42 Å². The number of halogens is 1. The van der Waals surface area contributed by atoms with E-state index in [-0.39, 0.29) is 0 Å². The highest BCUT2D eigenvalue weighted by molar-refractivity contribution is 9.10. The summed E-state index contributed by atoms with van der Waals surface area (Å²) in [7, 11) is -1.62. The van der Waals surface area contributed by atoms with Crippen LogP contribution in [0.15, 0.2) is 27.6 Å². The van der Waals surface area contributed by atoms with Crippen molar-refractivity contribution in [3.8, 4) is 0 Å². The van der Waals surface area contributed by atoms with Gasteiger partial charge in [-0.2, -0.15) is 4.31 Å². The van der Waals surface area contributed by atoms with Gasteiger partial charge in [0.1, 0.15) is 0 Å². The molecule has 0 radical (unpaired) electrons. The van der Waals surface area contributed by atoms with E-state index >= 15 is 0 Å². The molecule has 0 fully saturated rings. The van der Waals surface area contributed by atoms with E-state index in [1.54, 1.807) is 13.1 Å². The monoisotopic (exact) mass is 261 g/mol. The van der Waals surface area contributed by atoms with Gasteiger partial charge in [0.15, 0.2) is 0 Å². The molecule has 1 aliphatic heterocycles. The average molecular weight is 262 g/mol. The minimum atomic E-state index is -3.20. The lowest BCUT2D eigenvalue weighted by Crippen LogP contribution is -2.18. The summed E-state index contributed by atoms with van der Waals surface area (Å²) < 4.78 is 25.4. The maximum Gasteiger partial charge on any atom is 0.243 e. The Morgan fingerprint density at radius 1 is 1.46 bits per heavy atom. The van der Waals surface area contributed by atoms with Crippen molar-refractivity contribution in [2.24, 2.45) is 0 Å². The molecule has 0 aromatic heterocycles. The number of fused-ring (bicyclic) bond motifs is 1. The third kappa shape index (κ3) is 1.31. The van der Waals surface area contributed by atoms with Gasteiger partial charge in [0.25, 0.3) is 0 Å². The largest absolute Gasteiger partial charge is 0.243 e. The molecule has 0 saturated carbocycles. The summed E-state index contributed by atoms with van der Waals surface area (Å²) in [5.41, 5.74) is 0.866. The summed E-state index contributed by atoms with van der Waals surface area (Å²) in [5.74, 6) is 0. The highest BCUT2D eigenvalue weighted by atomic mass is 79.9. The highest BCUT2D eigenvalue weighted by Gasteiger charge is 2.31. The van der Waals surface area contributed by atoms with Crippen LogP contribution in [0.4, 0.5) is 0 Å². The van der Waals surface area contributed by atoms with E-state index in [0.29, 0.717) is 11.4 Å². The predicted molar refractivity (Wildman–Crippen MR) is 52.8 cm³/mol. The molecule has 3 nitrogen and oxygen atoms in total. The fraction of sp³-hybridized carbons (Fsp3) is 0.250. The van der Waals surface area contributed by atoms with Crippen molar-refractivity contribution >= 4 is 26.0 Å². The third-order valence-electron chi connectivity index (χ3n) is 2.11. The van der Waals surface area contributed by atoms with Crippen molar-refractivity contribution in [2.75, 3.05) is 7.05 Å². The Hall–Kier alpha value is -0.390. The van der Waals surface area contributed by atoms with E-state index in [4.69, 9.17) is 0 Å². The lowest BCUT2D eigenvalue weighted by Gasteiger charge is -2.04. The fourth-order valence-corrected chi connectivity index (χ4v) is 3.29. The number of nitrogens with zero attached hydrogens (tertiary/aromatic N) is 1. The molecule has 13 heavy (non-hydrogen) atoms. The van der Waals surface area contributed by atoms with Gasteiger partial charge in [0.2, 0.25) is 10.0 Å². The molecule has 2 rings (SSSR count). The van der Waals surface area contributed by atoms with Gasteiger partial charge in [-0.3, -0.25) is 0 Å². The van der Waals surface area contributed by atoms with Gasteiger partial charge < -0.3 is 0 Å². The molecular weight excluding hydrogens is 254 g/mol. The third-order valence-corrected chi connectivity index (χ3v) is 4.49. The molecule has 0 saturated heterocycles. The van der Waals surface area contributed by atoms with Gasteiger partial charge >= 0.3 is 0 Å². The molecule has 0 bridgehead atoms. The second kappa shape index (κ2) is 2.80. The Bertz CT molecular complexity index is 455. The van der Waals surface area contributed by atoms with E-state index in [0.717, 1.165) is 10.0 Å². The topological polar surface area (TPSA) is 37.4 Å². The molecular formula is C8H8BrNO2S. The Balaban J connectivity index is 2.71. The van der Waals surface area contributed by atoms with E-state index < -0.39 is 10.0 Å². The van der Waals surface area contributed by atoms with Crippen LogP contribution >= 0.6 is 15.9 Å². The summed E-state index contributed by atoms with van der Waals surface area (Å²) in [5, 5.41) is 0. The Kier molecular flexibility index (Phi) is 1.98. The fourth-order valence-electron chi connectivity index (χ4n) is 1.39. The van der Waals surface area contributed by atoms with Crippen molar-refractivity contribution in [3.63, 3.8) is 0 Å². The van der Waals surface area contributed by atoms with Crippen LogP contribution in [0.3, 0.4) is 0 Å². The first-order valence-corrected chi connectivity index (χ1v) is 6.00. The van der Waals surface area contributed by atoms with Gasteiger partial charge in [-0.25, -0.2) is 8.42 Å². The quantitative estimate of drug-likeness (QED) is 0.712. The van der Waals surface area contributed by atoms with Gasteiger partial charge in [-0.1, -0.05) is 22.0 Å². The molecule has 5 heteroatoms. The van der Waals surface area contributed by atoms with Crippen LogP contribution in [0.2, 0.25) is 0 Å². The van der Waals surface area contributed by atoms with Crippen LogP contribution in [0, 0.1) is 0 Å². The van der Waals surface area contributed by atoms with Crippen LogP contribution in [0.1, 0.15) is 5.56 Å². The number of sulfonamides is 1. The smallest absolute Gasteiger partial charge is 0.207 e. The average Bonchev–Trinajstić information content (AvgIpc) is 2.27. The maximum atomic E-state index is 11.6. The summed E-state index contributed by atoms with van der Waals surface area (Å²) in [6.45, 7) is 0.477. The summed E-state index contributed by atoms with van der Waals surface area (Å²) in [6.07, 6.45) is 0. The molecule has 0 unspecified atom stereocenters. The SMILES string of the molecule is CN1Cc2ccc(Br)cc2S1(=O)=O. The summed E-state index contributed by atoms with van der Waals surface area (Å²) >= 11 is 3.25. The van der Waals surface area contributed by atoms with Crippen LogP contribution in [0.5, 0.6) is 0 Å². The molecule has 0 amide bonds.